The highest BCUT2D eigenvalue weighted by Crippen LogP contribution is 2.47. The Bertz CT molecular complexity index is 1070. The highest BCUT2D eigenvalue weighted by Gasteiger charge is 2.33. The molecule has 160 valence electrons. The summed E-state index contributed by atoms with van der Waals surface area (Å²) in [7, 11) is 3.00. The molecule has 0 radical (unpaired) electrons. The van der Waals surface area contributed by atoms with Crippen LogP contribution in [0.2, 0.25) is 0 Å². The second-order valence-corrected chi connectivity index (χ2v) is 7.76. The van der Waals surface area contributed by atoms with Gasteiger partial charge in [-0.3, -0.25) is 9.89 Å². The first-order chi connectivity index (χ1) is 15.1. The van der Waals surface area contributed by atoms with Gasteiger partial charge < -0.3 is 14.8 Å². The van der Waals surface area contributed by atoms with Crippen molar-refractivity contribution in [1.29, 1.82) is 0 Å². The maximum absolute atomic E-state index is 12.3. The predicted molar refractivity (Wildman–Crippen MR) is 116 cm³/mol. The molecule has 1 aliphatic carbocycles. The van der Waals surface area contributed by atoms with Gasteiger partial charge in [-0.15, -0.1) is 0 Å². The highest BCUT2D eigenvalue weighted by atomic mass is 16.5. The Morgan fingerprint density at radius 1 is 1.06 bits per heavy atom. The van der Waals surface area contributed by atoms with E-state index in [1.165, 1.54) is 7.11 Å². The van der Waals surface area contributed by atoms with Crippen LogP contribution in [0.15, 0.2) is 54.6 Å². The number of nitrogens with one attached hydrogen (secondary N) is 2. The molecule has 2 N–H and O–H groups in total. The summed E-state index contributed by atoms with van der Waals surface area (Å²) in [6.45, 7) is 0. The molecule has 1 aliphatic rings. The Hall–Kier alpha value is -3.61. The smallest absolute Gasteiger partial charge is 0.337 e. The Morgan fingerprint density at radius 2 is 1.84 bits per heavy atom. The number of hydrogen-bond donors (Lipinski definition) is 2. The largest absolute Gasteiger partial charge is 0.497 e. The third kappa shape index (κ3) is 4.77. The van der Waals surface area contributed by atoms with E-state index < -0.39 is 0 Å². The van der Waals surface area contributed by atoms with Crippen LogP contribution in [0, 0.1) is 0 Å². The van der Waals surface area contributed by atoms with Crippen molar-refractivity contribution >= 4 is 17.7 Å². The Balaban J connectivity index is 1.30. The van der Waals surface area contributed by atoms with E-state index in [2.05, 4.69) is 15.5 Å². The molecule has 7 heteroatoms. The van der Waals surface area contributed by atoms with Crippen LogP contribution in [0.1, 0.15) is 51.9 Å². The predicted octanol–water partition coefficient (Wildman–Crippen LogP) is 4.05. The number of esters is 1. The molecule has 0 atom stereocenters. The zero-order valence-corrected chi connectivity index (χ0v) is 17.6. The molecule has 1 aromatic heterocycles. The number of methoxy groups -OCH3 is 2. The molecule has 1 amide bonds. The Labute approximate surface area is 180 Å². The van der Waals surface area contributed by atoms with Crippen molar-refractivity contribution in [1.82, 2.24) is 10.2 Å². The van der Waals surface area contributed by atoms with Gasteiger partial charge in [0, 0.05) is 12.0 Å². The Kier molecular flexibility index (Phi) is 6.02. The lowest BCUT2D eigenvalue weighted by Crippen LogP contribution is -2.20. The van der Waals surface area contributed by atoms with Gasteiger partial charge in [-0.1, -0.05) is 24.3 Å². The topological polar surface area (TPSA) is 93.3 Å². The van der Waals surface area contributed by atoms with Gasteiger partial charge in [-0.05, 0) is 54.2 Å². The van der Waals surface area contributed by atoms with Gasteiger partial charge in [-0.2, -0.15) is 5.10 Å². The molecule has 0 unspecified atom stereocenters. The number of carbonyl (C=O) groups excluding carboxylic acids is 2. The SMILES string of the molecule is COC(=O)c1cccc([C@H]2C[C@@H](c3cc(NC(=O)Cc4ccc(OC)cc4)[nH]n3)C2)c1. The molecule has 4 rings (SSSR count). The molecule has 2 aromatic carbocycles. The number of hydrogen-bond acceptors (Lipinski definition) is 5. The summed E-state index contributed by atoms with van der Waals surface area (Å²) < 4.78 is 9.94. The summed E-state index contributed by atoms with van der Waals surface area (Å²) in [6, 6.07) is 16.9. The van der Waals surface area contributed by atoms with Crippen molar-refractivity contribution in [2.24, 2.45) is 0 Å². The number of aromatic amines is 1. The summed E-state index contributed by atoms with van der Waals surface area (Å²) in [6.07, 6.45) is 2.18. The van der Waals surface area contributed by atoms with Crippen LogP contribution in [0.25, 0.3) is 0 Å². The van der Waals surface area contributed by atoms with Crippen LogP contribution < -0.4 is 10.1 Å². The molecule has 1 fully saturated rings. The number of anilines is 1. The van der Waals surface area contributed by atoms with Crippen LogP contribution >= 0.6 is 0 Å². The molecular weight excluding hydrogens is 394 g/mol. The van der Waals surface area contributed by atoms with E-state index >= 15 is 0 Å². The van der Waals surface area contributed by atoms with Crippen LogP contribution in [0.5, 0.6) is 5.75 Å². The van der Waals surface area contributed by atoms with E-state index in [9.17, 15) is 9.59 Å². The average Bonchev–Trinajstić information content (AvgIpc) is 3.20. The first kappa shape index (κ1) is 20.7. The zero-order chi connectivity index (χ0) is 21.8. The fraction of sp³-hybridized carbons (Fsp3) is 0.292. The highest BCUT2D eigenvalue weighted by molar-refractivity contribution is 5.91. The maximum Gasteiger partial charge on any atom is 0.337 e. The quantitative estimate of drug-likeness (QED) is 0.564. The van der Waals surface area contributed by atoms with Gasteiger partial charge in [0.1, 0.15) is 11.6 Å². The molecule has 0 saturated heterocycles. The molecule has 1 saturated carbocycles. The molecule has 7 nitrogen and oxygen atoms in total. The van der Waals surface area contributed by atoms with Crippen LogP contribution in [0.3, 0.4) is 0 Å². The van der Waals surface area contributed by atoms with E-state index in [1.54, 1.807) is 13.2 Å². The second kappa shape index (κ2) is 9.04. The number of ether oxygens (including phenoxy) is 2. The van der Waals surface area contributed by atoms with E-state index in [-0.39, 0.29) is 18.3 Å². The fourth-order valence-corrected chi connectivity index (χ4v) is 3.90. The molecular formula is C24H25N3O4. The first-order valence-corrected chi connectivity index (χ1v) is 10.2. The number of amides is 1. The number of nitrogens with zero attached hydrogens (tertiary/aromatic N) is 1. The molecule has 3 aromatic rings. The number of H-pyrrole nitrogens is 1. The normalized spacial score (nSPS) is 17.5. The van der Waals surface area contributed by atoms with Crippen LogP contribution in [0.4, 0.5) is 5.82 Å². The summed E-state index contributed by atoms with van der Waals surface area (Å²) in [5, 5.41) is 10.2. The standard InChI is InChI=1S/C24H25N3O4/c1-30-20-8-6-15(7-9-20)10-23(28)25-22-14-21(26-27-22)19-12-18(13-19)16-4-3-5-17(11-16)24(29)31-2/h3-9,11,14,18-19H,10,12-13H2,1-2H3,(H2,25,26,27,28)/t18-,19+. The van der Waals surface area contributed by atoms with Crippen LogP contribution in [-0.2, 0) is 16.0 Å². The number of aromatic nitrogens is 2. The molecule has 31 heavy (non-hydrogen) atoms. The lowest BCUT2D eigenvalue weighted by Gasteiger charge is -2.34. The minimum absolute atomic E-state index is 0.105. The molecule has 0 spiro atoms. The van der Waals surface area contributed by atoms with E-state index in [4.69, 9.17) is 9.47 Å². The summed E-state index contributed by atoms with van der Waals surface area (Å²) >= 11 is 0. The molecule has 0 aliphatic heterocycles. The van der Waals surface area contributed by atoms with E-state index in [1.807, 2.05) is 48.5 Å². The zero-order valence-electron chi connectivity index (χ0n) is 17.6. The van der Waals surface area contributed by atoms with Gasteiger partial charge in [0.05, 0.1) is 31.9 Å². The first-order valence-electron chi connectivity index (χ1n) is 10.2. The third-order valence-electron chi connectivity index (χ3n) is 5.73. The van der Waals surface area contributed by atoms with Crippen molar-refractivity contribution < 1.29 is 19.1 Å². The van der Waals surface area contributed by atoms with Gasteiger partial charge in [-0.25, -0.2) is 4.79 Å². The summed E-state index contributed by atoms with van der Waals surface area (Å²) in [5.74, 6) is 1.66. The lowest BCUT2D eigenvalue weighted by molar-refractivity contribution is -0.115. The van der Waals surface area contributed by atoms with E-state index in [0.717, 1.165) is 35.4 Å². The molecule has 1 heterocycles. The van der Waals surface area contributed by atoms with Crippen molar-refractivity contribution in [3.05, 3.63) is 77.0 Å². The van der Waals surface area contributed by atoms with Crippen molar-refractivity contribution in [3.63, 3.8) is 0 Å². The van der Waals surface area contributed by atoms with Crippen molar-refractivity contribution in [2.45, 2.75) is 31.1 Å². The fourth-order valence-electron chi connectivity index (χ4n) is 3.90. The maximum atomic E-state index is 12.3. The van der Waals surface area contributed by atoms with E-state index in [0.29, 0.717) is 23.2 Å². The number of rotatable bonds is 7. The van der Waals surface area contributed by atoms with Crippen molar-refractivity contribution in [3.8, 4) is 5.75 Å². The molecule has 0 bridgehead atoms. The summed E-state index contributed by atoms with van der Waals surface area (Å²) in [5.41, 5.74) is 3.57. The Morgan fingerprint density at radius 3 is 2.55 bits per heavy atom. The monoisotopic (exact) mass is 419 g/mol. The number of benzene rings is 2. The van der Waals surface area contributed by atoms with Gasteiger partial charge >= 0.3 is 5.97 Å². The summed E-state index contributed by atoms with van der Waals surface area (Å²) in [4.78, 5) is 24.1. The lowest BCUT2D eigenvalue weighted by atomic mass is 9.70. The van der Waals surface area contributed by atoms with Crippen LogP contribution in [-0.4, -0.2) is 36.3 Å². The van der Waals surface area contributed by atoms with Gasteiger partial charge in [0.25, 0.3) is 0 Å². The number of carbonyl (C=O) groups is 2. The van der Waals surface area contributed by atoms with Gasteiger partial charge in [0.2, 0.25) is 5.91 Å². The minimum Gasteiger partial charge on any atom is -0.497 e. The average molecular weight is 419 g/mol. The van der Waals surface area contributed by atoms with Gasteiger partial charge in [0.15, 0.2) is 0 Å². The van der Waals surface area contributed by atoms with Crippen molar-refractivity contribution in [2.75, 3.05) is 19.5 Å². The third-order valence-corrected chi connectivity index (χ3v) is 5.73. The second-order valence-electron chi connectivity index (χ2n) is 7.76. The minimum atomic E-state index is -0.319.